The normalized spacial score (nSPS) is 10.5. The molecule has 0 fully saturated rings. The first-order valence-electron chi connectivity index (χ1n) is 6.99. The topological polar surface area (TPSA) is 49.3 Å². The zero-order valence-electron chi connectivity index (χ0n) is 12.1. The number of carbonyl (C=O) groups excluding carboxylic acids is 1. The summed E-state index contributed by atoms with van der Waals surface area (Å²) in [4.78, 5) is 11.9. The molecule has 0 heterocycles. The number of amides is 1. The van der Waals surface area contributed by atoms with Crippen molar-refractivity contribution >= 4 is 35.0 Å². The number of benzene rings is 2. The molecule has 5 heteroatoms. The molecule has 2 N–H and O–H groups in total. The van der Waals surface area contributed by atoms with E-state index in [1.807, 2.05) is 48.5 Å². The Bertz CT molecular complexity index is 599. The van der Waals surface area contributed by atoms with E-state index in [-0.39, 0.29) is 12.5 Å². The highest BCUT2D eigenvalue weighted by atomic mass is 35.5. The van der Waals surface area contributed by atoms with Gasteiger partial charge in [0.25, 0.3) is 0 Å². The quantitative estimate of drug-likeness (QED) is 0.810. The molecule has 0 aliphatic heterocycles. The van der Waals surface area contributed by atoms with Crippen molar-refractivity contribution in [2.24, 2.45) is 0 Å². The van der Waals surface area contributed by atoms with Crippen LogP contribution in [0.2, 0.25) is 5.02 Å². The van der Waals surface area contributed by atoms with Gasteiger partial charge in [-0.2, -0.15) is 0 Å². The summed E-state index contributed by atoms with van der Waals surface area (Å²) in [5.41, 5.74) is 2.98. The van der Waals surface area contributed by atoms with Crippen molar-refractivity contribution in [2.75, 3.05) is 17.7 Å². The second-order valence-electron chi connectivity index (χ2n) is 4.84. The fourth-order valence-corrected chi connectivity index (χ4v) is 2.84. The molecule has 0 unspecified atom stereocenters. The minimum Gasteiger partial charge on any atom is -0.396 e. The van der Waals surface area contributed by atoms with Gasteiger partial charge >= 0.3 is 0 Å². The average Bonchev–Trinajstić information content (AvgIpc) is 2.51. The molecule has 0 spiro atoms. The molecule has 1 amide bonds. The molecule has 0 radical (unpaired) electrons. The molecule has 2 aromatic carbocycles. The first-order chi connectivity index (χ1) is 10.7. The number of hydrogen-bond donors (Lipinski definition) is 2. The molecule has 0 saturated carbocycles. The van der Waals surface area contributed by atoms with Gasteiger partial charge in [0.05, 0.1) is 5.75 Å². The number of carbonyl (C=O) groups is 1. The van der Waals surface area contributed by atoms with Crippen LogP contribution >= 0.6 is 23.4 Å². The van der Waals surface area contributed by atoms with E-state index in [1.54, 1.807) is 11.8 Å². The van der Waals surface area contributed by atoms with Gasteiger partial charge in [-0.3, -0.25) is 4.79 Å². The van der Waals surface area contributed by atoms with Crippen LogP contribution in [0.5, 0.6) is 0 Å². The maximum atomic E-state index is 11.9. The zero-order chi connectivity index (χ0) is 15.8. The predicted octanol–water partition coefficient (Wildman–Crippen LogP) is 3.75. The van der Waals surface area contributed by atoms with E-state index in [0.29, 0.717) is 12.2 Å². The van der Waals surface area contributed by atoms with Crippen molar-refractivity contribution in [2.45, 2.75) is 12.2 Å². The molecule has 116 valence electrons. The second-order valence-corrected chi connectivity index (χ2v) is 6.26. The molecule has 22 heavy (non-hydrogen) atoms. The number of thioether (sulfide) groups is 1. The van der Waals surface area contributed by atoms with E-state index in [9.17, 15) is 4.79 Å². The highest BCUT2D eigenvalue weighted by Gasteiger charge is 2.03. The fraction of sp³-hybridized carbons (Fsp3) is 0.235. The Hall–Kier alpha value is -1.49. The summed E-state index contributed by atoms with van der Waals surface area (Å²) >= 11 is 7.40. The van der Waals surface area contributed by atoms with E-state index in [0.717, 1.165) is 27.6 Å². The molecule has 0 aliphatic rings. The summed E-state index contributed by atoms with van der Waals surface area (Å²) in [6.07, 6.45) is 0.630. The summed E-state index contributed by atoms with van der Waals surface area (Å²) in [6.45, 7) is 0.132. The minimum atomic E-state index is -0.0196. The van der Waals surface area contributed by atoms with Crippen LogP contribution in [0, 0.1) is 0 Å². The van der Waals surface area contributed by atoms with Crippen LogP contribution in [0.3, 0.4) is 0 Å². The molecule has 0 saturated heterocycles. The first-order valence-corrected chi connectivity index (χ1v) is 8.52. The number of hydrogen-bond acceptors (Lipinski definition) is 3. The van der Waals surface area contributed by atoms with Crippen molar-refractivity contribution in [1.82, 2.24) is 0 Å². The van der Waals surface area contributed by atoms with E-state index in [2.05, 4.69) is 5.32 Å². The third kappa shape index (κ3) is 5.72. The third-order valence-corrected chi connectivity index (χ3v) is 4.31. The number of rotatable bonds is 7. The van der Waals surface area contributed by atoms with Gasteiger partial charge in [-0.25, -0.2) is 0 Å². The van der Waals surface area contributed by atoms with Crippen molar-refractivity contribution in [1.29, 1.82) is 0 Å². The number of aliphatic hydroxyl groups is 1. The lowest BCUT2D eigenvalue weighted by Gasteiger charge is -2.06. The van der Waals surface area contributed by atoms with Crippen LogP contribution in [0.25, 0.3) is 0 Å². The van der Waals surface area contributed by atoms with Gasteiger partial charge in [-0.1, -0.05) is 35.9 Å². The second kappa shape index (κ2) is 8.83. The van der Waals surface area contributed by atoms with Crippen LogP contribution in [-0.4, -0.2) is 23.4 Å². The van der Waals surface area contributed by atoms with E-state index in [1.165, 1.54) is 0 Å². The summed E-state index contributed by atoms with van der Waals surface area (Å²) < 4.78 is 0. The molecule has 0 bridgehead atoms. The van der Waals surface area contributed by atoms with Gasteiger partial charge in [-0.15, -0.1) is 11.8 Å². The lowest BCUT2D eigenvalue weighted by atomic mass is 10.1. The Balaban J connectivity index is 1.74. The Labute approximate surface area is 139 Å². The van der Waals surface area contributed by atoms with Crippen LogP contribution in [0.15, 0.2) is 48.5 Å². The zero-order valence-corrected chi connectivity index (χ0v) is 13.7. The maximum absolute atomic E-state index is 11.9. The molecule has 2 aromatic rings. The molecule has 0 aromatic heterocycles. The van der Waals surface area contributed by atoms with E-state index >= 15 is 0 Å². The highest BCUT2D eigenvalue weighted by molar-refractivity contribution is 7.99. The van der Waals surface area contributed by atoms with Crippen molar-refractivity contribution in [3.8, 4) is 0 Å². The van der Waals surface area contributed by atoms with Gasteiger partial charge < -0.3 is 10.4 Å². The maximum Gasteiger partial charge on any atom is 0.234 e. The lowest BCUT2D eigenvalue weighted by molar-refractivity contribution is -0.113. The first kappa shape index (κ1) is 16.9. The Morgan fingerprint density at radius 1 is 1.05 bits per heavy atom. The molecule has 3 nitrogen and oxygen atoms in total. The Morgan fingerprint density at radius 3 is 2.32 bits per heavy atom. The van der Waals surface area contributed by atoms with Gasteiger partial charge in [0.2, 0.25) is 5.91 Å². The molecule has 0 aliphatic carbocycles. The summed E-state index contributed by atoms with van der Waals surface area (Å²) in [6, 6.07) is 15.2. The van der Waals surface area contributed by atoms with Crippen LogP contribution in [-0.2, 0) is 17.0 Å². The van der Waals surface area contributed by atoms with Gasteiger partial charge in [-0.05, 0) is 41.8 Å². The molecular formula is C17H18ClNO2S. The van der Waals surface area contributed by atoms with Crippen molar-refractivity contribution in [3.63, 3.8) is 0 Å². The molecule has 2 rings (SSSR count). The standard InChI is InChI=1S/C17H18ClNO2S/c18-15-5-1-14(2-6-15)11-22-12-17(21)19-16-7-3-13(4-8-16)9-10-20/h1-8,20H,9-12H2,(H,19,21). The van der Waals surface area contributed by atoms with Crippen LogP contribution in [0.4, 0.5) is 5.69 Å². The number of nitrogens with one attached hydrogen (secondary N) is 1. The molecular weight excluding hydrogens is 318 g/mol. The average molecular weight is 336 g/mol. The smallest absolute Gasteiger partial charge is 0.234 e. The summed E-state index contributed by atoms with van der Waals surface area (Å²) in [5, 5.41) is 12.4. The largest absolute Gasteiger partial charge is 0.396 e. The Kier molecular flexibility index (Phi) is 6.77. The monoisotopic (exact) mass is 335 g/mol. The molecule has 0 atom stereocenters. The number of anilines is 1. The van der Waals surface area contributed by atoms with Gasteiger partial charge in [0.15, 0.2) is 0 Å². The van der Waals surface area contributed by atoms with Crippen LogP contribution < -0.4 is 5.32 Å². The third-order valence-electron chi connectivity index (χ3n) is 3.05. The SMILES string of the molecule is O=C(CSCc1ccc(Cl)cc1)Nc1ccc(CCO)cc1. The highest BCUT2D eigenvalue weighted by Crippen LogP contribution is 2.16. The summed E-state index contributed by atoms with van der Waals surface area (Å²) in [5.74, 6) is 1.16. The van der Waals surface area contributed by atoms with E-state index < -0.39 is 0 Å². The van der Waals surface area contributed by atoms with Crippen molar-refractivity contribution in [3.05, 3.63) is 64.7 Å². The lowest BCUT2D eigenvalue weighted by Crippen LogP contribution is -2.14. The van der Waals surface area contributed by atoms with E-state index in [4.69, 9.17) is 16.7 Å². The van der Waals surface area contributed by atoms with Gasteiger partial charge in [0, 0.05) is 23.1 Å². The Morgan fingerprint density at radius 2 is 1.68 bits per heavy atom. The number of halogens is 1. The predicted molar refractivity (Wildman–Crippen MR) is 93.5 cm³/mol. The minimum absolute atomic E-state index is 0.0196. The van der Waals surface area contributed by atoms with Crippen molar-refractivity contribution < 1.29 is 9.90 Å². The van der Waals surface area contributed by atoms with Gasteiger partial charge in [0.1, 0.15) is 0 Å². The fourth-order valence-electron chi connectivity index (χ4n) is 1.92. The summed E-state index contributed by atoms with van der Waals surface area (Å²) in [7, 11) is 0. The number of aliphatic hydroxyl groups excluding tert-OH is 1. The van der Waals surface area contributed by atoms with Crippen LogP contribution in [0.1, 0.15) is 11.1 Å².